The van der Waals surface area contributed by atoms with Crippen LogP contribution < -0.4 is 19.3 Å². The van der Waals surface area contributed by atoms with Gasteiger partial charge in [0.25, 0.3) is 0 Å². The number of nitrogens with one attached hydrogen (secondary N) is 1. The van der Waals surface area contributed by atoms with Crippen LogP contribution in [0.25, 0.3) is 5.57 Å². The first-order valence-corrected chi connectivity index (χ1v) is 12.0. The average Bonchev–Trinajstić information content (AvgIpc) is 2.89. The molecule has 1 aliphatic rings. The summed E-state index contributed by atoms with van der Waals surface area (Å²) in [6.45, 7) is 5.39. The van der Waals surface area contributed by atoms with Crippen molar-refractivity contribution in [1.29, 1.82) is 5.26 Å². The number of hydrogen-bond acceptors (Lipinski definition) is 4. The van der Waals surface area contributed by atoms with Gasteiger partial charge in [-0.05, 0) is 42.7 Å². The maximum atomic E-state index is 13.4. The van der Waals surface area contributed by atoms with Gasteiger partial charge in [-0.3, -0.25) is 0 Å². The van der Waals surface area contributed by atoms with Gasteiger partial charge in [0, 0.05) is 23.9 Å². The predicted octanol–water partition coefficient (Wildman–Crippen LogP) is 5.70. The topological polar surface area (TPSA) is 58.2 Å². The molecule has 1 atom stereocenters. The van der Waals surface area contributed by atoms with Crippen LogP contribution in [-0.4, -0.2) is 20.6 Å². The van der Waals surface area contributed by atoms with Gasteiger partial charge in [-0.25, -0.2) is 13.1 Å². The number of unbranched alkanes of at least 4 members (excludes halogenated alkanes) is 1. The number of benzene rings is 1. The van der Waals surface area contributed by atoms with Crippen molar-refractivity contribution in [2.24, 2.45) is 5.92 Å². The molecular weight excluding hydrogens is 447 g/mol. The van der Waals surface area contributed by atoms with Crippen molar-refractivity contribution in [2.75, 3.05) is 13.2 Å². The number of nitriles is 1. The summed E-state index contributed by atoms with van der Waals surface area (Å²) < 4.78 is 39.4. The Morgan fingerprint density at radius 2 is 1.91 bits per heavy atom. The first kappa shape index (κ1) is 26.0. The molecule has 8 heteroatoms. The second-order valence-corrected chi connectivity index (χ2v) is 8.36. The summed E-state index contributed by atoms with van der Waals surface area (Å²) in [5, 5.41) is 12.7. The molecule has 0 fully saturated rings. The summed E-state index contributed by atoms with van der Waals surface area (Å²) in [6.07, 6.45) is 11.1. The zero-order valence-electron chi connectivity index (χ0n) is 20.2. The quantitative estimate of drug-likeness (QED) is 0.314. The molecule has 5 nitrogen and oxygen atoms in total. The molecule has 2 heterocycles. The van der Waals surface area contributed by atoms with Crippen LogP contribution in [0.1, 0.15) is 45.2 Å². The molecule has 0 saturated carbocycles. The largest absolute Gasteiger partial charge is 0.934 e. The normalized spacial score (nSPS) is 14.9. The Kier molecular flexibility index (Phi) is 9.91. The molecule has 1 N–H and O–H groups in total. The third-order valence-corrected chi connectivity index (χ3v) is 5.85. The molecule has 2 aromatic rings. The van der Waals surface area contributed by atoms with Gasteiger partial charge in [0.15, 0.2) is 0 Å². The average molecular weight is 478 g/mol. The molecule has 0 bridgehead atoms. The van der Waals surface area contributed by atoms with E-state index < -0.39 is 7.40 Å². The van der Waals surface area contributed by atoms with E-state index in [1.54, 1.807) is 24.4 Å². The molecule has 1 aromatic carbocycles. The summed E-state index contributed by atoms with van der Waals surface area (Å²) in [4.78, 5) is 0. The Morgan fingerprint density at radius 3 is 2.57 bits per heavy atom. The number of pyridine rings is 1. The van der Waals surface area contributed by atoms with Crippen molar-refractivity contribution in [1.82, 2.24) is 5.32 Å². The minimum Gasteiger partial charge on any atom is -0.493 e. The second kappa shape index (κ2) is 13.3. The first-order chi connectivity index (χ1) is 17.0. The number of halogens is 2. The lowest BCUT2D eigenvalue weighted by molar-refractivity contribution is -0.557. The summed E-state index contributed by atoms with van der Waals surface area (Å²) in [5.41, 5.74) is 1.56. The maximum absolute atomic E-state index is 13.4. The number of hydrogen-bond donors (Lipinski definition) is 1. The SMILES string of the molecule is CCCCC(CC)COc1cccc(OCC2=CN/C(=C(/C#N)c3cccc[n+]3B(F)F)C=C2)c1. The zero-order chi connectivity index (χ0) is 25.0. The molecule has 35 heavy (non-hydrogen) atoms. The fourth-order valence-corrected chi connectivity index (χ4v) is 3.73. The molecule has 0 radical (unpaired) electrons. The lowest BCUT2D eigenvalue weighted by Crippen LogP contribution is -2.48. The number of rotatable bonds is 12. The van der Waals surface area contributed by atoms with E-state index in [1.807, 2.05) is 30.3 Å². The van der Waals surface area contributed by atoms with Crippen LogP contribution in [0, 0.1) is 17.2 Å². The van der Waals surface area contributed by atoms with Crippen LogP contribution in [-0.2, 0) is 0 Å². The molecule has 0 saturated heterocycles. The van der Waals surface area contributed by atoms with E-state index in [-0.39, 0.29) is 11.3 Å². The van der Waals surface area contributed by atoms with Gasteiger partial charge in [0.2, 0.25) is 5.69 Å². The van der Waals surface area contributed by atoms with Gasteiger partial charge in [0.1, 0.15) is 35.9 Å². The number of allylic oxidation sites excluding steroid dienone is 2. The van der Waals surface area contributed by atoms with Gasteiger partial charge in [-0.15, -0.1) is 0 Å². The van der Waals surface area contributed by atoms with Gasteiger partial charge >= 0.3 is 7.40 Å². The summed E-state index contributed by atoms with van der Waals surface area (Å²) in [6, 6.07) is 14.2. The number of nitrogens with zero attached hydrogens (tertiary/aromatic N) is 2. The first-order valence-electron chi connectivity index (χ1n) is 12.0. The molecule has 1 aliphatic heterocycles. The van der Waals surface area contributed by atoms with Crippen molar-refractivity contribution in [3.63, 3.8) is 0 Å². The second-order valence-electron chi connectivity index (χ2n) is 8.36. The van der Waals surface area contributed by atoms with Gasteiger partial charge < -0.3 is 14.8 Å². The van der Waals surface area contributed by atoms with E-state index in [9.17, 15) is 13.9 Å². The number of ether oxygens (including phenoxy) is 2. The highest BCUT2D eigenvalue weighted by molar-refractivity contribution is 6.31. The molecule has 182 valence electrons. The lowest BCUT2D eigenvalue weighted by Gasteiger charge is -2.16. The zero-order valence-corrected chi connectivity index (χ0v) is 20.2. The van der Waals surface area contributed by atoms with E-state index in [4.69, 9.17) is 9.47 Å². The Bertz CT molecular complexity index is 1130. The molecule has 3 rings (SSSR count). The van der Waals surface area contributed by atoms with E-state index in [0.717, 1.165) is 22.2 Å². The highest BCUT2D eigenvalue weighted by Crippen LogP contribution is 2.23. The third kappa shape index (κ3) is 7.44. The van der Waals surface area contributed by atoms with Gasteiger partial charge in [-0.1, -0.05) is 45.3 Å². The Labute approximate surface area is 206 Å². The standard InChI is InChI=1S/C27H30BF2N3O2/c1-3-5-9-21(4-2)19-34-23-10-8-11-24(16-23)35-20-22-13-14-26(32-18-22)25(17-31)27-12-6-7-15-33(27)28(29)30/h6-8,10-16,18,21H,3-5,9,19-20H2,1-2H3/p+1. The highest BCUT2D eigenvalue weighted by Gasteiger charge is 2.36. The highest BCUT2D eigenvalue weighted by atomic mass is 19.2. The monoisotopic (exact) mass is 478 g/mol. The summed E-state index contributed by atoms with van der Waals surface area (Å²) in [7, 11) is -2.74. The van der Waals surface area contributed by atoms with Gasteiger partial charge in [0.05, 0.1) is 12.3 Å². The van der Waals surface area contributed by atoms with E-state index >= 15 is 0 Å². The summed E-state index contributed by atoms with van der Waals surface area (Å²) >= 11 is 0. The van der Waals surface area contributed by atoms with Crippen LogP contribution >= 0.6 is 0 Å². The smallest absolute Gasteiger partial charge is 0.493 e. The van der Waals surface area contributed by atoms with Gasteiger partial charge in [-0.2, -0.15) is 5.26 Å². The number of aromatic nitrogens is 1. The third-order valence-electron chi connectivity index (χ3n) is 5.85. The predicted molar refractivity (Wildman–Crippen MR) is 134 cm³/mol. The summed E-state index contributed by atoms with van der Waals surface area (Å²) in [5.74, 6) is 2.03. The fourth-order valence-electron chi connectivity index (χ4n) is 3.73. The molecule has 0 spiro atoms. The van der Waals surface area contributed by atoms with Crippen LogP contribution in [0.3, 0.4) is 0 Å². The van der Waals surface area contributed by atoms with Crippen molar-refractivity contribution < 1.29 is 22.6 Å². The van der Waals surface area contributed by atoms with Crippen molar-refractivity contribution >= 4 is 13.0 Å². The number of dihydropyridines is 1. The van der Waals surface area contributed by atoms with E-state index in [0.29, 0.717) is 30.6 Å². The van der Waals surface area contributed by atoms with Crippen LogP contribution in [0.4, 0.5) is 8.63 Å². The van der Waals surface area contributed by atoms with E-state index in [1.165, 1.54) is 37.6 Å². The van der Waals surface area contributed by atoms with Crippen molar-refractivity contribution in [2.45, 2.75) is 39.5 Å². The molecule has 0 aliphatic carbocycles. The fraction of sp³-hybridized carbons (Fsp3) is 0.333. The Balaban J connectivity index is 1.60. The Morgan fingerprint density at radius 1 is 1.11 bits per heavy atom. The maximum Gasteiger partial charge on any atom is 0.934 e. The van der Waals surface area contributed by atoms with Crippen LogP contribution in [0.2, 0.25) is 0 Å². The minimum atomic E-state index is -2.74. The van der Waals surface area contributed by atoms with Crippen LogP contribution in [0.15, 0.2) is 78.3 Å². The van der Waals surface area contributed by atoms with Crippen LogP contribution in [0.5, 0.6) is 11.5 Å². The molecule has 1 unspecified atom stereocenters. The van der Waals surface area contributed by atoms with Crippen molar-refractivity contribution in [3.8, 4) is 17.6 Å². The lowest BCUT2D eigenvalue weighted by atomic mass is 10.0. The van der Waals surface area contributed by atoms with Crippen molar-refractivity contribution in [3.05, 3.63) is 84.0 Å². The minimum absolute atomic E-state index is 0.132. The molecular formula is C27H31BF2N3O2+. The Hall–Kier alpha value is -3.60. The molecule has 1 aromatic heterocycles. The van der Waals surface area contributed by atoms with E-state index in [2.05, 4.69) is 19.2 Å². The molecule has 0 amide bonds.